The van der Waals surface area contributed by atoms with Crippen molar-refractivity contribution < 1.29 is 17.6 Å². The number of benzene rings is 1. The number of anilines is 1. The summed E-state index contributed by atoms with van der Waals surface area (Å²) in [5, 5.41) is 2.29. The molecule has 0 saturated heterocycles. The molecule has 0 atom stereocenters. The van der Waals surface area contributed by atoms with Crippen molar-refractivity contribution in [2.45, 2.75) is 6.18 Å². The van der Waals surface area contributed by atoms with E-state index in [-0.39, 0.29) is 5.13 Å². The first-order valence-corrected chi connectivity index (χ1v) is 5.12. The summed E-state index contributed by atoms with van der Waals surface area (Å²) in [5.74, 6) is -0.432. The van der Waals surface area contributed by atoms with Gasteiger partial charge in [-0.2, -0.15) is 13.2 Å². The van der Waals surface area contributed by atoms with Crippen molar-refractivity contribution >= 4 is 26.7 Å². The maximum atomic E-state index is 12.8. The summed E-state index contributed by atoms with van der Waals surface area (Å²) in [7, 11) is 0. The number of hydrogen-bond donors (Lipinski definition) is 1. The molecule has 0 unspecified atom stereocenters. The molecule has 0 spiro atoms. The molecule has 2 rings (SSSR count). The Hall–Kier alpha value is -1.37. The number of halogens is 4. The van der Waals surface area contributed by atoms with Gasteiger partial charge in [0.25, 0.3) is 0 Å². The fourth-order valence-corrected chi connectivity index (χ4v) is 2.04. The van der Waals surface area contributed by atoms with E-state index in [1.165, 1.54) is 18.2 Å². The molecular weight excluding hydrogens is 244 g/mol. The van der Waals surface area contributed by atoms with Gasteiger partial charge in [-0.1, -0.05) is 11.3 Å². The molecule has 2 aromatic rings. The van der Waals surface area contributed by atoms with Crippen LogP contribution < -0.4 is 5.32 Å². The normalized spacial score (nSPS) is 12.0. The number of alkyl halides is 3. The van der Waals surface area contributed by atoms with Gasteiger partial charge >= 0.3 is 6.18 Å². The molecule has 0 radical (unpaired) electrons. The Bertz CT molecular complexity index is 506. The fourth-order valence-electron chi connectivity index (χ4n) is 1.15. The molecule has 0 fully saturated rings. The number of fused-ring (bicyclic) bond motifs is 1. The van der Waals surface area contributed by atoms with E-state index in [4.69, 9.17) is 0 Å². The Morgan fingerprint density at radius 2 is 2.06 bits per heavy atom. The topological polar surface area (TPSA) is 24.9 Å². The number of nitrogens with zero attached hydrogens (tertiary/aromatic N) is 1. The highest BCUT2D eigenvalue weighted by atomic mass is 32.1. The number of nitrogens with one attached hydrogen (secondary N) is 1. The van der Waals surface area contributed by atoms with E-state index in [0.717, 1.165) is 11.3 Å². The minimum Gasteiger partial charge on any atom is -0.352 e. The predicted molar refractivity (Wildman–Crippen MR) is 54.1 cm³/mol. The third-order valence-corrected chi connectivity index (χ3v) is 2.77. The summed E-state index contributed by atoms with van der Waals surface area (Å²) in [6.45, 7) is -1.14. The second-order valence-electron chi connectivity index (χ2n) is 3.10. The molecule has 1 N–H and O–H groups in total. The molecule has 0 aliphatic rings. The first-order chi connectivity index (χ1) is 7.44. The largest absolute Gasteiger partial charge is 0.405 e. The highest BCUT2D eigenvalue weighted by Crippen LogP contribution is 2.27. The SMILES string of the molecule is Fc1ccc2nc(NCC(F)(F)F)sc2c1. The van der Waals surface area contributed by atoms with Crippen LogP contribution >= 0.6 is 11.3 Å². The molecule has 0 amide bonds. The van der Waals surface area contributed by atoms with Gasteiger partial charge in [0, 0.05) is 0 Å². The van der Waals surface area contributed by atoms with E-state index in [1.807, 2.05) is 0 Å². The molecule has 0 saturated carbocycles. The zero-order valence-corrected chi connectivity index (χ0v) is 8.62. The van der Waals surface area contributed by atoms with Crippen LogP contribution in [0.1, 0.15) is 0 Å². The maximum absolute atomic E-state index is 12.8. The van der Waals surface area contributed by atoms with Gasteiger partial charge in [-0.15, -0.1) is 0 Å². The molecule has 0 bridgehead atoms. The van der Waals surface area contributed by atoms with Crippen molar-refractivity contribution in [2.24, 2.45) is 0 Å². The van der Waals surface area contributed by atoms with E-state index in [9.17, 15) is 17.6 Å². The van der Waals surface area contributed by atoms with Crippen LogP contribution in [0.4, 0.5) is 22.7 Å². The average Bonchev–Trinajstić information content (AvgIpc) is 2.55. The standard InChI is InChI=1S/C9H6F4N2S/c10-5-1-2-6-7(3-5)16-8(15-6)14-4-9(11,12)13/h1-3H,4H2,(H,14,15). The lowest BCUT2D eigenvalue weighted by Gasteiger charge is -2.05. The summed E-state index contributed by atoms with van der Waals surface area (Å²) in [6.07, 6.45) is -4.29. The second kappa shape index (κ2) is 3.89. The van der Waals surface area contributed by atoms with E-state index in [2.05, 4.69) is 10.3 Å². The van der Waals surface area contributed by atoms with Crippen molar-refractivity contribution in [3.05, 3.63) is 24.0 Å². The van der Waals surface area contributed by atoms with Crippen molar-refractivity contribution in [1.29, 1.82) is 0 Å². The van der Waals surface area contributed by atoms with Gasteiger partial charge in [0.1, 0.15) is 12.4 Å². The molecule has 1 heterocycles. The number of aromatic nitrogens is 1. The molecular formula is C9H6F4N2S. The monoisotopic (exact) mass is 250 g/mol. The van der Waals surface area contributed by atoms with Crippen molar-refractivity contribution in [2.75, 3.05) is 11.9 Å². The van der Waals surface area contributed by atoms with Crippen LogP contribution in [0.15, 0.2) is 18.2 Å². The fraction of sp³-hybridized carbons (Fsp3) is 0.222. The Morgan fingerprint density at radius 3 is 2.75 bits per heavy atom. The minimum absolute atomic E-state index is 0.137. The molecule has 1 aromatic carbocycles. The third kappa shape index (κ3) is 2.60. The van der Waals surface area contributed by atoms with E-state index in [0.29, 0.717) is 10.2 Å². The molecule has 16 heavy (non-hydrogen) atoms. The van der Waals surface area contributed by atoms with E-state index < -0.39 is 18.5 Å². The van der Waals surface area contributed by atoms with Gasteiger partial charge in [-0.25, -0.2) is 9.37 Å². The molecule has 7 heteroatoms. The molecule has 0 aliphatic heterocycles. The van der Waals surface area contributed by atoms with Crippen LogP contribution in [0.5, 0.6) is 0 Å². The molecule has 0 aliphatic carbocycles. The molecule has 1 aromatic heterocycles. The minimum atomic E-state index is -4.29. The van der Waals surface area contributed by atoms with E-state index in [1.54, 1.807) is 0 Å². The van der Waals surface area contributed by atoms with E-state index >= 15 is 0 Å². The lowest BCUT2D eigenvalue weighted by molar-refractivity contribution is -0.115. The Labute approximate surface area is 91.9 Å². The maximum Gasteiger partial charge on any atom is 0.405 e. The number of rotatable bonds is 2. The number of thiazole rings is 1. The summed E-state index contributed by atoms with van der Waals surface area (Å²) in [5.41, 5.74) is 0.482. The lowest BCUT2D eigenvalue weighted by Crippen LogP contribution is -2.21. The summed E-state index contributed by atoms with van der Waals surface area (Å²) in [6, 6.07) is 3.89. The van der Waals surface area contributed by atoms with Gasteiger partial charge in [-0.05, 0) is 18.2 Å². The van der Waals surface area contributed by atoms with Crippen molar-refractivity contribution in [3.63, 3.8) is 0 Å². The highest BCUT2D eigenvalue weighted by Gasteiger charge is 2.27. The van der Waals surface area contributed by atoms with Gasteiger partial charge in [0.05, 0.1) is 10.2 Å². The smallest absolute Gasteiger partial charge is 0.352 e. The Morgan fingerprint density at radius 1 is 1.31 bits per heavy atom. The summed E-state index contributed by atoms with van der Waals surface area (Å²) < 4.78 is 49.1. The Balaban J connectivity index is 2.20. The second-order valence-corrected chi connectivity index (χ2v) is 4.13. The van der Waals surface area contributed by atoms with Gasteiger partial charge < -0.3 is 5.32 Å². The van der Waals surface area contributed by atoms with Crippen LogP contribution in [-0.2, 0) is 0 Å². The van der Waals surface area contributed by atoms with Crippen LogP contribution in [0.25, 0.3) is 10.2 Å². The third-order valence-electron chi connectivity index (χ3n) is 1.79. The van der Waals surface area contributed by atoms with Gasteiger partial charge in [-0.3, -0.25) is 0 Å². The first kappa shape index (κ1) is 11.1. The molecule has 86 valence electrons. The van der Waals surface area contributed by atoms with Crippen LogP contribution in [0.2, 0.25) is 0 Å². The van der Waals surface area contributed by atoms with Crippen LogP contribution in [-0.4, -0.2) is 17.7 Å². The van der Waals surface area contributed by atoms with Crippen LogP contribution in [0.3, 0.4) is 0 Å². The van der Waals surface area contributed by atoms with Crippen LogP contribution in [0, 0.1) is 5.82 Å². The first-order valence-electron chi connectivity index (χ1n) is 4.31. The zero-order chi connectivity index (χ0) is 11.8. The highest BCUT2D eigenvalue weighted by molar-refractivity contribution is 7.22. The van der Waals surface area contributed by atoms with Crippen molar-refractivity contribution in [1.82, 2.24) is 4.98 Å². The Kier molecular flexibility index (Phi) is 2.71. The molecule has 2 nitrogen and oxygen atoms in total. The zero-order valence-electron chi connectivity index (χ0n) is 7.81. The van der Waals surface area contributed by atoms with Gasteiger partial charge in [0.15, 0.2) is 5.13 Å². The quantitative estimate of drug-likeness (QED) is 0.826. The predicted octanol–water partition coefficient (Wildman–Crippen LogP) is 3.41. The number of hydrogen-bond acceptors (Lipinski definition) is 3. The van der Waals surface area contributed by atoms with Gasteiger partial charge in [0.2, 0.25) is 0 Å². The summed E-state index contributed by atoms with van der Waals surface area (Å²) >= 11 is 0.990. The average molecular weight is 250 g/mol. The lowest BCUT2D eigenvalue weighted by atomic mass is 10.3. The summed E-state index contributed by atoms with van der Waals surface area (Å²) in [4.78, 5) is 3.90. The van der Waals surface area contributed by atoms with Crippen molar-refractivity contribution in [3.8, 4) is 0 Å².